The lowest BCUT2D eigenvalue weighted by Gasteiger charge is -2.08. The maximum absolute atomic E-state index is 12.7. The summed E-state index contributed by atoms with van der Waals surface area (Å²) in [5.41, 5.74) is 0.703. The zero-order valence-electron chi connectivity index (χ0n) is 12.5. The topological polar surface area (TPSA) is 35.5 Å². The Bertz CT molecular complexity index is 591. The highest BCUT2D eigenvalue weighted by Crippen LogP contribution is 2.14. The lowest BCUT2D eigenvalue weighted by Crippen LogP contribution is -2.05. The van der Waals surface area contributed by atoms with E-state index in [9.17, 15) is 9.18 Å². The van der Waals surface area contributed by atoms with E-state index in [2.05, 4.69) is 0 Å². The molecule has 0 heterocycles. The number of halogens is 1. The van der Waals surface area contributed by atoms with Gasteiger partial charge in [0.2, 0.25) is 0 Å². The minimum Gasteiger partial charge on any atom is -0.493 e. The Morgan fingerprint density at radius 3 is 1.91 bits per heavy atom. The summed E-state index contributed by atoms with van der Waals surface area (Å²) in [4.78, 5) is 11.5. The molecule has 0 aliphatic carbocycles. The second kappa shape index (κ2) is 8.17. The molecule has 0 radical (unpaired) electrons. The molecule has 0 fully saturated rings. The summed E-state index contributed by atoms with van der Waals surface area (Å²) in [6.07, 6.45) is 1.22. The van der Waals surface area contributed by atoms with E-state index in [1.165, 1.54) is 12.1 Å². The van der Waals surface area contributed by atoms with Crippen molar-refractivity contribution >= 4 is 5.78 Å². The molecular weight excluding hydrogens is 283 g/mol. The third-order valence-corrected chi connectivity index (χ3v) is 3.14. The van der Waals surface area contributed by atoms with Crippen LogP contribution in [0.5, 0.6) is 11.5 Å². The Hall–Kier alpha value is -2.36. The van der Waals surface area contributed by atoms with E-state index >= 15 is 0 Å². The number of carbonyl (C=O) groups is 1. The smallest absolute Gasteiger partial charge is 0.162 e. The molecule has 22 heavy (non-hydrogen) atoms. The van der Waals surface area contributed by atoms with E-state index in [0.29, 0.717) is 37.4 Å². The molecule has 0 saturated carbocycles. The normalized spacial score (nSPS) is 10.3. The van der Waals surface area contributed by atoms with E-state index in [-0.39, 0.29) is 11.6 Å². The van der Waals surface area contributed by atoms with Crippen LogP contribution in [0.4, 0.5) is 4.39 Å². The molecule has 0 aromatic heterocycles. The van der Waals surface area contributed by atoms with Crippen LogP contribution in [0.15, 0.2) is 48.5 Å². The summed E-state index contributed by atoms with van der Waals surface area (Å²) in [5.74, 6) is 1.22. The Balaban J connectivity index is 1.68. The fraction of sp³-hybridized carbons (Fsp3) is 0.278. The highest BCUT2D eigenvalue weighted by atomic mass is 19.1. The van der Waals surface area contributed by atoms with Gasteiger partial charge in [0.1, 0.15) is 17.3 Å². The molecule has 0 amide bonds. The predicted molar refractivity (Wildman–Crippen MR) is 83.1 cm³/mol. The van der Waals surface area contributed by atoms with Crippen molar-refractivity contribution in [3.8, 4) is 11.5 Å². The average Bonchev–Trinajstić information content (AvgIpc) is 2.56. The van der Waals surface area contributed by atoms with Gasteiger partial charge in [0.15, 0.2) is 5.78 Å². The van der Waals surface area contributed by atoms with Crippen LogP contribution in [0.1, 0.15) is 30.1 Å². The molecule has 2 aromatic rings. The predicted octanol–water partition coefficient (Wildman–Crippen LogP) is 4.27. The summed E-state index contributed by atoms with van der Waals surface area (Å²) in [6.45, 7) is 2.86. The van der Waals surface area contributed by atoms with Crippen molar-refractivity contribution in [3.63, 3.8) is 0 Å². The Morgan fingerprint density at radius 2 is 1.41 bits per heavy atom. The van der Waals surface area contributed by atoms with Crippen LogP contribution in [0, 0.1) is 5.82 Å². The molecule has 4 heteroatoms. The molecule has 0 unspecified atom stereocenters. The summed E-state index contributed by atoms with van der Waals surface area (Å²) in [5, 5.41) is 0. The number of hydrogen-bond donors (Lipinski definition) is 0. The van der Waals surface area contributed by atoms with Crippen molar-refractivity contribution in [2.45, 2.75) is 19.8 Å². The number of ketones is 1. The maximum atomic E-state index is 12.7. The minimum atomic E-state index is -0.277. The number of Topliss-reactive ketones (excluding diaryl/α,β-unsaturated/α-hetero) is 1. The SMILES string of the molecule is CCC(=O)c1ccc(OCCCOc2ccc(F)cc2)cc1. The van der Waals surface area contributed by atoms with Gasteiger partial charge in [-0.3, -0.25) is 4.79 Å². The highest BCUT2D eigenvalue weighted by Gasteiger charge is 2.02. The monoisotopic (exact) mass is 302 g/mol. The molecule has 0 spiro atoms. The molecule has 2 aromatic carbocycles. The second-order valence-electron chi connectivity index (χ2n) is 4.81. The van der Waals surface area contributed by atoms with Crippen molar-refractivity contribution in [2.24, 2.45) is 0 Å². The van der Waals surface area contributed by atoms with Crippen molar-refractivity contribution in [1.82, 2.24) is 0 Å². The second-order valence-corrected chi connectivity index (χ2v) is 4.81. The average molecular weight is 302 g/mol. The first kappa shape index (κ1) is 16.0. The first-order valence-electron chi connectivity index (χ1n) is 7.33. The van der Waals surface area contributed by atoms with E-state index in [1.54, 1.807) is 36.4 Å². The van der Waals surface area contributed by atoms with Crippen LogP contribution in [0.3, 0.4) is 0 Å². The van der Waals surface area contributed by atoms with Crippen LogP contribution >= 0.6 is 0 Å². The number of hydrogen-bond acceptors (Lipinski definition) is 3. The standard InChI is InChI=1S/C18H19FO3/c1-2-18(20)14-4-8-16(9-5-14)21-12-3-13-22-17-10-6-15(19)7-11-17/h4-11H,2-3,12-13H2,1H3. The van der Waals surface area contributed by atoms with Gasteiger partial charge in [-0.1, -0.05) is 6.92 Å². The third-order valence-electron chi connectivity index (χ3n) is 3.14. The number of rotatable bonds is 8. The molecule has 3 nitrogen and oxygen atoms in total. The van der Waals surface area contributed by atoms with Crippen LogP contribution in [-0.2, 0) is 0 Å². The van der Waals surface area contributed by atoms with E-state index in [0.717, 1.165) is 5.75 Å². The Labute approximate surface area is 129 Å². The molecule has 0 bridgehead atoms. The first-order valence-corrected chi connectivity index (χ1v) is 7.33. The first-order chi connectivity index (χ1) is 10.7. The summed E-state index contributed by atoms with van der Waals surface area (Å²) in [6, 6.07) is 13.1. The zero-order chi connectivity index (χ0) is 15.8. The van der Waals surface area contributed by atoms with Gasteiger partial charge in [-0.05, 0) is 48.5 Å². The molecule has 116 valence electrons. The molecule has 0 atom stereocenters. The lowest BCUT2D eigenvalue weighted by molar-refractivity contribution is 0.0988. The van der Waals surface area contributed by atoms with Gasteiger partial charge in [0.25, 0.3) is 0 Å². The molecule has 0 aliphatic heterocycles. The fourth-order valence-electron chi connectivity index (χ4n) is 1.91. The van der Waals surface area contributed by atoms with Crippen LogP contribution in [-0.4, -0.2) is 19.0 Å². The van der Waals surface area contributed by atoms with Gasteiger partial charge >= 0.3 is 0 Å². The zero-order valence-corrected chi connectivity index (χ0v) is 12.5. The number of benzene rings is 2. The van der Waals surface area contributed by atoms with Gasteiger partial charge in [-0.15, -0.1) is 0 Å². The van der Waals surface area contributed by atoms with Crippen LogP contribution < -0.4 is 9.47 Å². The minimum absolute atomic E-state index is 0.124. The van der Waals surface area contributed by atoms with Crippen LogP contribution in [0.2, 0.25) is 0 Å². The van der Waals surface area contributed by atoms with Gasteiger partial charge in [0.05, 0.1) is 13.2 Å². The highest BCUT2D eigenvalue weighted by molar-refractivity contribution is 5.95. The van der Waals surface area contributed by atoms with E-state index in [1.807, 2.05) is 6.92 Å². The third kappa shape index (κ3) is 4.88. The molecule has 2 rings (SSSR count). The van der Waals surface area contributed by atoms with Gasteiger partial charge in [-0.25, -0.2) is 4.39 Å². The summed E-state index contributed by atoms with van der Waals surface area (Å²) in [7, 11) is 0. The lowest BCUT2D eigenvalue weighted by atomic mass is 10.1. The van der Waals surface area contributed by atoms with Crippen molar-refractivity contribution < 1.29 is 18.7 Å². The van der Waals surface area contributed by atoms with Gasteiger partial charge in [0, 0.05) is 18.4 Å². The van der Waals surface area contributed by atoms with Gasteiger partial charge < -0.3 is 9.47 Å². The largest absolute Gasteiger partial charge is 0.493 e. The molecular formula is C18H19FO3. The van der Waals surface area contributed by atoms with E-state index in [4.69, 9.17) is 9.47 Å². The maximum Gasteiger partial charge on any atom is 0.162 e. The van der Waals surface area contributed by atoms with Crippen molar-refractivity contribution in [2.75, 3.05) is 13.2 Å². The van der Waals surface area contributed by atoms with Gasteiger partial charge in [-0.2, -0.15) is 0 Å². The van der Waals surface area contributed by atoms with Crippen molar-refractivity contribution in [3.05, 3.63) is 59.9 Å². The summed E-state index contributed by atoms with van der Waals surface area (Å²) < 4.78 is 23.8. The van der Waals surface area contributed by atoms with Crippen LogP contribution in [0.25, 0.3) is 0 Å². The number of carbonyl (C=O) groups excluding carboxylic acids is 1. The Kier molecular flexibility index (Phi) is 5.95. The van der Waals surface area contributed by atoms with Crippen molar-refractivity contribution in [1.29, 1.82) is 0 Å². The number of ether oxygens (including phenoxy) is 2. The van der Waals surface area contributed by atoms with E-state index < -0.39 is 0 Å². The molecule has 0 aliphatic rings. The summed E-state index contributed by atoms with van der Waals surface area (Å²) >= 11 is 0. The fourth-order valence-corrected chi connectivity index (χ4v) is 1.91. The quantitative estimate of drug-likeness (QED) is 0.540. The molecule has 0 N–H and O–H groups in total. The molecule has 0 saturated heterocycles. The Morgan fingerprint density at radius 1 is 0.909 bits per heavy atom.